The molecular formula is C12H15NO2. The monoisotopic (exact) mass is 205 g/mol. The van der Waals surface area contributed by atoms with Crippen molar-refractivity contribution in [2.24, 2.45) is 0 Å². The second-order valence-electron chi connectivity index (χ2n) is 3.94. The maximum absolute atomic E-state index is 11.0. The molecule has 15 heavy (non-hydrogen) atoms. The number of carboxylic acid groups (broad SMARTS) is 1. The van der Waals surface area contributed by atoms with Crippen LogP contribution in [0.15, 0.2) is 18.2 Å². The van der Waals surface area contributed by atoms with Crippen molar-refractivity contribution in [3.63, 3.8) is 0 Å². The molecule has 2 N–H and O–H groups in total. The largest absolute Gasteiger partial charge is 0.478 e. The van der Waals surface area contributed by atoms with Crippen molar-refractivity contribution in [2.75, 3.05) is 11.9 Å². The van der Waals surface area contributed by atoms with Crippen LogP contribution in [-0.4, -0.2) is 17.6 Å². The topological polar surface area (TPSA) is 49.3 Å². The van der Waals surface area contributed by atoms with Crippen molar-refractivity contribution in [3.8, 4) is 0 Å². The molecule has 0 amide bonds. The molecular weight excluding hydrogens is 190 g/mol. The first kappa shape index (κ1) is 10.0. The zero-order valence-corrected chi connectivity index (χ0v) is 8.79. The summed E-state index contributed by atoms with van der Waals surface area (Å²) >= 11 is 0. The fourth-order valence-electron chi connectivity index (χ4n) is 2.23. The maximum Gasteiger partial charge on any atom is 0.337 e. The normalized spacial score (nSPS) is 18.3. The van der Waals surface area contributed by atoms with E-state index in [1.807, 2.05) is 12.1 Å². The van der Waals surface area contributed by atoms with Crippen LogP contribution in [0.1, 0.15) is 41.6 Å². The van der Waals surface area contributed by atoms with Crippen molar-refractivity contribution in [1.29, 1.82) is 0 Å². The van der Waals surface area contributed by atoms with Crippen LogP contribution < -0.4 is 5.32 Å². The smallest absolute Gasteiger partial charge is 0.337 e. The van der Waals surface area contributed by atoms with Gasteiger partial charge in [-0.15, -0.1) is 0 Å². The van der Waals surface area contributed by atoms with Crippen LogP contribution in [0, 0.1) is 0 Å². The first-order chi connectivity index (χ1) is 7.24. The number of anilines is 1. The molecule has 3 nitrogen and oxygen atoms in total. The van der Waals surface area contributed by atoms with E-state index in [1.165, 1.54) is 0 Å². The second kappa shape index (κ2) is 3.93. The van der Waals surface area contributed by atoms with E-state index in [4.69, 9.17) is 5.11 Å². The van der Waals surface area contributed by atoms with Gasteiger partial charge >= 0.3 is 5.97 Å². The summed E-state index contributed by atoms with van der Waals surface area (Å²) < 4.78 is 0. The minimum Gasteiger partial charge on any atom is -0.478 e. The van der Waals surface area contributed by atoms with E-state index in [-0.39, 0.29) is 0 Å². The van der Waals surface area contributed by atoms with Crippen molar-refractivity contribution >= 4 is 11.7 Å². The number of fused-ring (bicyclic) bond motifs is 1. The van der Waals surface area contributed by atoms with Gasteiger partial charge in [0.25, 0.3) is 0 Å². The number of benzene rings is 1. The van der Waals surface area contributed by atoms with Gasteiger partial charge in [0, 0.05) is 12.5 Å². The van der Waals surface area contributed by atoms with E-state index in [9.17, 15) is 4.79 Å². The molecule has 1 aromatic rings. The Morgan fingerprint density at radius 2 is 2.40 bits per heavy atom. The number of para-hydroxylation sites is 1. The molecule has 1 atom stereocenters. The quantitative estimate of drug-likeness (QED) is 0.797. The summed E-state index contributed by atoms with van der Waals surface area (Å²) in [7, 11) is 0. The lowest BCUT2D eigenvalue weighted by Crippen LogP contribution is -2.02. The summed E-state index contributed by atoms with van der Waals surface area (Å²) in [6, 6.07) is 5.52. The van der Waals surface area contributed by atoms with Gasteiger partial charge in [-0.25, -0.2) is 4.79 Å². The van der Waals surface area contributed by atoms with E-state index in [0.717, 1.165) is 30.6 Å². The molecule has 0 saturated carbocycles. The molecule has 0 saturated heterocycles. The van der Waals surface area contributed by atoms with Crippen LogP contribution in [0.3, 0.4) is 0 Å². The third-order valence-corrected chi connectivity index (χ3v) is 2.93. The predicted molar refractivity (Wildman–Crippen MR) is 59.5 cm³/mol. The molecule has 80 valence electrons. The van der Waals surface area contributed by atoms with E-state index in [0.29, 0.717) is 11.5 Å². The lowest BCUT2D eigenvalue weighted by Gasteiger charge is -2.08. The van der Waals surface area contributed by atoms with Crippen molar-refractivity contribution < 1.29 is 9.90 Å². The van der Waals surface area contributed by atoms with Crippen LogP contribution in [0.5, 0.6) is 0 Å². The van der Waals surface area contributed by atoms with Gasteiger partial charge in [0.15, 0.2) is 0 Å². The van der Waals surface area contributed by atoms with Crippen LogP contribution in [0.4, 0.5) is 5.69 Å². The first-order valence-electron chi connectivity index (χ1n) is 5.34. The average Bonchev–Trinajstić information content (AvgIpc) is 2.62. The summed E-state index contributed by atoms with van der Waals surface area (Å²) in [6.07, 6.45) is 2.24. The number of hydrogen-bond donors (Lipinski definition) is 2. The van der Waals surface area contributed by atoms with Crippen LogP contribution in [0.25, 0.3) is 0 Å². The molecule has 1 aliphatic heterocycles. The van der Waals surface area contributed by atoms with Crippen molar-refractivity contribution in [2.45, 2.75) is 25.7 Å². The fraction of sp³-hybridized carbons (Fsp3) is 0.417. The number of aromatic carboxylic acids is 1. The summed E-state index contributed by atoms with van der Waals surface area (Å²) in [5.74, 6) is -0.374. The molecule has 0 bridgehead atoms. The highest BCUT2D eigenvalue weighted by atomic mass is 16.4. The van der Waals surface area contributed by atoms with Crippen LogP contribution in [-0.2, 0) is 0 Å². The fourth-order valence-corrected chi connectivity index (χ4v) is 2.23. The van der Waals surface area contributed by atoms with E-state index < -0.39 is 5.97 Å². The molecule has 0 aliphatic carbocycles. The number of hydrogen-bond acceptors (Lipinski definition) is 2. The summed E-state index contributed by atoms with van der Waals surface area (Å²) in [5, 5.41) is 12.2. The predicted octanol–water partition coefficient (Wildman–Crippen LogP) is 2.69. The van der Waals surface area contributed by atoms with Gasteiger partial charge in [-0.3, -0.25) is 0 Å². The molecule has 0 spiro atoms. The zero-order chi connectivity index (χ0) is 10.8. The Morgan fingerprint density at radius 3 is 3.07 bits per heavy atom. The van der Waals surface area contributed by atoms with E-state index in [2.05, 4.69) is 12.2 Å². The van der Waals surface area contributed by atoms with Crippen molar-refractivity contribution in [1.82, 2.24) is 0 Å². The molecule has 2 rings (SSSR count). The van der Waals surface area contributed by atoms with Gasteiger partial charge in [0.05, 0.1) is 11.3 Å². The molecule has 3 heteroatoms. The zero-order valence-electron chi connectivity index (χ0n) is 8.79. The van der Waals surface area contributed by atoms with E-state index in [1.54, 1.807) is 6.07 Å². The Labute approximate surface area is 89.1 Å². The number of rotatable bonds is 3. The molecule has 1 unspecified atom stereocenters. The average molecular weight is 205 g/mol. The summed E-state index contributed by atoms with van der Waals surface area (Å²) in [5.41, 5.74) is 2.38. The highest BCUT2D eigenvalue weighted by Gasteiger charge is 2.25. The third-order valence-electron chi connectivity index (χ3n) is 2.93. The lowest BCUT2D eigenvalue weighted by molar-refractivity contribution is 0.0698. The molecule has 0 fully saturated rings. The Hall–Kier alpha value is -1.51. The highest BCUT2D eigenvalue weighted by Crippen LogP contribution is 2.36. The van der Waals surface area contributed by atoms with E-state index >= 15 is 0 Å². The highest BCUT2D eigenvalue weighted by molar-refractivity contribution is 5.95. The lowest BCUT2D eigenvalue weighted by atomic mass is 9.95. The SMILES string of the molecule is CCCC1CNc2c(C(=O)O)cccc21. The van der Waals surface area contributed by atoms with Gasteiger partial charge in [-0.05, 0) is 18.1 Å². The summed E-state index contributed by atoms with van der Waals surface area (Å²) in [6.45, 7) is 3.02. The second-order valence-corrected chi connectivity index (χ2v) is 3.94. The molecule has 1 aromatic carbocycles. The number of carboxylic acids is 1. The Balaban J connectivity index is 2.39. The van der Waals surface area contributed by atoms with Crippen LogP contribution in [0.2, 0.25) is 0 Å². The molecule has 1 heterocycles. The number of nitrogens with one attached hydrogen (secondary N) is 1. The first-order valence-corrected chi connectivity index (χ1v) is 5.34. The molecule has 0 radical (unpaired) electrons. The standard InChI is InChI=1S/C12H15NO2/c1-2-4-8-7-13-11-9(8)5-3-6-10(11)12(14)15/h3,5-6,8,13H,2,4,7H2,1H3,(H,14,15). The Kier molecular flexibility index (Phi) is 2.62. The number of carbonyl (C=O) groups is 1. The van der Waals surface area contributed by atoms with Gasteiger partial charge < -0.3 is 10.4 Å². The van der Waals surface area contributed by atoms with Crippen LogP contribution >= 0.6 is 0 Å². The molecule has 1 aliphatic rings. The minimum atomic E-state index is -0.850. The van der Waals surface area contributed by atoms with Gasteiger partial charge in [0.1, 0.15) is 0 Å². The Bertz CT molecular complexity index is 387. The maximum atomic E-state index is 11.0. The molecule has 0 aromatic heterocycles. The summed E-state index contributed by atoms with van der Waals surface area (Å²) in [4.78, 5) is 11.0. The van der Waals surface area contributed by atoms with Gasteiger partial charge in [0.2, 0.25) is 0 Å². The Morgan fingerprint density at radius 1 is 1.60 bits per heavy atom. The third kappa shape index (κ3) is 1.69. The van der Waals surface area contributed by atoms with Crippen molar-refractivity contribution in [3.05, 3.63) is 29.3 Å². The van der Waals surface area contributed by atoms with Gasteiger partial charge in [-0.2, -0.15) is 0 Å². The van der Waals surface area contributed by atoms with Gasteiger partial charge in [-0.1, -0.05) is 25.5 Å². The minimum absolute atomic E-state index is 0.395.